The monoisotopic (exact) mass is 301 g/mol. The van der Waals surface area contributed by atoms with E-state index in [1.165, 1.54) is 5.56 Å². The minimum atomic E-state index is -0.300. The highest BCUT2D eigenvalue weighted by Crippen LogP contribution is 2.48. The Bertz CT molecular complexity index is 546. The van der Waals surface area contributed by atoms with Gasteiger partial charge in [0.25, 0.3) is 0 Å². The molecular weight excluding hydrogens is 278 g/mol. The van der Waals surface area contributed by atoms with Gasteiger partial charge in [-0.1, -0.05) is 30.3 Å². The van der Waals surface area contributed by atoms with Crippen molar-refractivity contribution in [3.63, 3.8) is 0 Å². The molecule has 1 heterocycles. The maximum atomic E-state index is 12.6. The molecule has 1 aromatic carbocycles. The van der Waals surface area contributed by atoms with Gasteiger partial charge in [-0.15, -0.1) is 0 Å². The molecule has 118 valence electrons. The molecule has 2 amide bonds. The van der Waals surface area contributed by atoms with Gasteiger partial charge in [-0.25, -0.2) is 0 Å². The quantitative estimate of drug-likeness (QED) is 0.895. The second kappa shape index (κ2) is 6.48. The zero-order chi connectivity index (χ0) is 15.5. The summed E-state index contributed by atoms with van der Waals surface area (Å²) in [5, 5.41) is 0. The summed E-state index contributed by atoms with van der Waals surface area (Å²) in [5.74, 6) is 0.504. The van der Waals surface area contributed by atoms with E-state index in [1.807, 2.05) is 28.0 Å². The van der Waals surface area contributed by atoms with Gasteiger partial charge >= 0.3 is 0 Å². The summed E-state index contributed by atoms with van der Waals surface area (Å²) in [7, 11) is 0. The van der Waals surface area contributed by atoms with E-state index in [1.54, 1.807) is 0 Å². The van der Waals surface area contributed by atoms with Crippen LogP contribution in [0.25, 0.3) is 0 Å². The van der Waals surface area contributed by atoms with Gasteiger partial charge in [-0.05, 0) is 24.3 Å². The number of nitrogens with zero attached hydrogens (tertiary/aromatic N) is 2. The molecule has 0 bridgehead atoms. The highest BCUT2D eigenvalue weighted by atomic mass is 16.2. The van der Waals surface area contributed by atoms with Crippen molar-refractivity contribution in [3.8, 4) is 0 Å². The molecule has 3 rings (SSSR count). The van der Waals surface area contributed by atoms with Crippen molar-refractivity contribution in [2.75, 3.05) is 32.7 Å². The number of rotatable bonds is 4. The van der Waals surface area contributed by atoms with E-state index in [0.717, 1.165) is 32.5 Å². The summed E-state index contributed by atoms with van der Waals surface area (Å²) in [6.07, 6.45) is 1.87. The molecule has 2 N–H and O–H groups in total. The van der Waals surface area contributed by atoms with E-state index in [2.05, 4.69) is 12.1 Å². The predicted octanol–water partition coefficient (Wildman–Crippen LogP) is 0.810. The van der Waals surface area contributed by atoms with E-state index >= 15 is 0 Å². The Morgan fingerprint density at radius 1 is 1.09 bits per heavy atom. The minimum Gasteiger partial charge on any atom is -0.369 e. The van der Waals surface area contributed by atoms with E-state index in [0.29, 0.717) is 12.5 Å². The van der Waals surface area contributed by atoms with Crippen molar-refractivity contribution in [2.45, 2.75) is 18.8 Å². The average molecular weight is 301 g/mol. The van der Waals surface area contributed by atoms with Crippen LogP contribution in [-0.2, 0) is 9.59 Å². The molecule has 2 fully saturated rings. The van der Waals surface area contributed by atoms with Crippen LogP contribution in [0.4, 0.5) is 0 Å². The van der Waals surface area contributed by atoms with E-state index in [4.69, 9.17) is 5.73 Å². The fourth-order valence-corrected chi connectivity index (χ4v) is 3.34. The molecule has 2 aliphatic rings. The highest BCUT2D eigenvalue weighted by molar-refractivity contribution is 5.83. The largest absolute Gasteiger partial charge is 0.369 e. The van der Waals surface area contributed by atoms with Gasteiger partial charge in [0.1, 0.15) is 0 Å². The maximum absolute atomic E-state index is 12.6. The fourth-order valence-electron chi connectivity index (χ4n) is 3.34. The van der Waals surface area contributed by atoms with Gasteiger partial charge in [0, 0.05) is 32.1 Å². The second-order valence-electron chi connectivity index (χ2n) is 6.28. The molecule has 5 nitrogen and oxygen atoms in total. The highest BCUT2D eigenvalue weighted by Gasteiger charge is 2.45. The van der Waals surface area contributed by atoms with Gasteiger partial charge in [-0.2, -0.15) is 0 Å². The first-order valence-electron chi connectivity index (χ1n) is 7.99. The number of hydrogen-bond donors (Lipinski definition) is 1. The predicted molar refractivity (Wildman–Crippen MR) is 84.1 cm³/mol. The Kier molecular flexibility index (Phi) is 4.43. The van der Waals surface area contributed by atoms with Gasteiger partial charge in [0.15, 0.2) is 0 Å². The summed E-state index contributed by atoms with van der Waals surface area (Å²) in [4.78, 5) is 27.7. The van der Waals surface area contributed by atoms with Crippen LogP contribution in [-0.4, -0.2) is 54.3 Å². The first-order chi connectivity index (χ1) is 10.6. The molecule has 1 aromatic rings. The van der Waals surface area contributed by atoms with Gasteiger partial charge < -0.3 is 10.6 Å². The molecule has 5 heteroatoms. The summed E-state index contributed by atoms with van der Waals surface area (Å²) >= 11 is 0. The SMILES string of the molecule is NC(=O)CN1CCCN(C(=O)C2CC2c2ccccc2)CC1. The van der Waals surface area contributed by atoms with Crippen LogP contribution in [0, 0.1) is 5.92 Å². The lowest BCUT2D eigenvalue weighted by atomic mass is 10.1. The first kappa shape index (κ1) is 15.0. The van der Waals surface area contributed by atoms with Crippen LogP contribution in [0.2, 0.25) is 0 Å². The summed E-state index contributed by atoms with van der Waals surface area (Å²) in [5.41, 5.74) is 6.52. The van der Waals surface area contributed by atoms with Gasteiger partial charge in [-0.3, -0.25) is 14.5 Å². The summed E-state index contributed by atoms with van der Waals surface area (Å²) in [6, 6.07) is 10.3. The molecule has 2 unspecified atom stereocenters. The molecule has 2 atom stereocenters. The second-order valence-corrected chi connectivity index (χ2v) is 6.28. The van der Waals surface area contributed by atoms with Crippen molar-refractivity contribution in [1.82, 2.24) is 9.80 Å². The first-order valence-corrected chi connectivity index (χ1v) is 7.99. The van der Waals surface area contributed by atoms with E-state index < -0.39 is 0 Å². The van der Waals surface area contributed by atoms with E-state index in [-0.39, 0.29) is 24.3 Å². The number of primary amides is 1. The van der Waals surface area contributed by atoms with Crippen LogP contribution >= 0.6 is 0 Å². The molecule has 1 saturated heterocycles. The molecule has 1 saturated carbocycles. The molecule has 1 aliphatic heterocycles. The summed E-state index contributed by atoms with van der Waals surface area (Å²) < 4.78 is 0. The third-order valence-electron chi connectivity index (χ3n) is 4.61. The average Bonchev–Trinajstić information content (AvgIpc) is 3.31. The van der Waals surface area contributed by atoms with E-state index in [9.17, 15) is 9.59 Å². The standard InChI is InChI=1S/C17H23N3O2/c18-16(21)12-19-7-4-8-20(10-9-19)17(22)15-11-14(15)13-5-2-1-3-6-13/h1-3,5-6,14-15H,4,7-12H2,(H2,18,21). The van der Waals surface area contributed by atoms with Crippen molar-refractivity contribution in [3.05, 3.63) is 35.9 Å². The summed E-state index contributed by atoms with van der Waals surface area (Å²) in [6.45, 7) is 3.34. The Morgan fingerprint density at radius 2 is 1.86 bits per heavy atom. The lowest BCUT2D eigenvalue weighted by Crippen LogP contribution is -2.38. The molecule has 22 heavy (non-hydrogen) atoms. The third-order valence-corrected chi connectivity index (χ3v) is 4.61. The Balaban J connectivity index is 1.54. The molecule has 1 aliphatic carbocycles. The van der Waals surface area contributed by atoms with Crippen LogP contribution in [0.1, 0.15) is 24.3 Å². The zero-order valence-electron chi connectivity index (χ0n) is 12.8. The molecule has 0 aromatic heterocycles. The maximum Gasteiger partial charge on any atom is 0.231 e. The third kappa shape index (κ3) is 3.47. The molecule has 0 spiro atoms. The smallest absolute Gasteiger partial charge is 0.231 e. The topological polar surface area (TPSA) is 66.6 Å². The number of carbonyl (C=O) groups is 2. The van der Waals surface area contributed by atoms with Crippen molar-refractivity contribution in [1.29, 1.82) is 0 Å². The Hall–Kier alpha value is -1.88. The fraction of sp³-hybridized carbons (Fsp3) is 0.529. The normalized spacial score (nSPS) is 25.5. The van der Waals surface area contributed by atoms with Crippen LogP contribution < -0.4 is 5.73 Å². The van der Waals surface area contributed by atoms with Gasteiger partial charge in [0.2, 0.25) is 11.8 Å². The number of carbonyl (C=O) groups excluding carboxylic acids is 2. The zero-order valence-corrected chi connectivity index (χ0v) is 12.8. The molecule has 0 radical (unpaired) electrons. The number of amides is 2. The molecular formula is C17H23N3O2. The lowest BCUT2D eigenvalue weighted by Gasteiger charge is -2.21. The lowest BCUT2D eigenvalue weighted by molar-refractivity contribution is -0.132. The Labute approximate surface area is 131 Å². The van der Waals surface area contributed by atoms with Gasteiger partial charge in [0.05, 0.1) is 6.54 Å². The van der Waals surface area contributed by atoms with Crippen molar-refractivity contribution in [2.24, 2.45) is 11.7 Å². The Morgan fingerprint density at radius 3 is 2.59 bits per heavy atom. The number of benzene rings is 1. The van der Waals surface area contributed by atoms with Crippen molar-refractivity contribution >= 4 is 11.8 Å². The van der Waals surface area contributed by atoms with Crippen LogP contribution in [0.5, 0.6) is 0 Å². The minimum absolute atomic E-state index is 0.144. The van der Waals surface area contributed by atoms with Crippen LogP contribution in [0.3, 0.4) is 0 Å². The van der Waals surface area contributed by atoms with Crippen molar-refractivity contribution < 1.29 is 9.59 Å². The van der Waals surface area contributed by atoms with Crippen LogP contribution in [0.15, 0.2) is 30.3 Å². The number of hydrogen-bond acceptors (Lipinski definition) is 3. The number of nitrogens with two attached hydrogens (primary N) is 1.